The molecule has 170 valence electrons. The minimum absolute atomic E-state index is 0.00713. The SMILES string of the molecule is CC(C)(C)c1cc(S(=O)(=O)Nc2cc(Cl)cnc2C(=O)c2ccnc3c2C=CC3)ccc1Cl. The van der Waals surface area contributed by atoms with Gasteiger partial charge in [0.05, 0.1) is 21.3 Å². The van der Waals surface area contributed by atoms with Crippen molar-refractivity contribution in [2.24, 2.45) is 0 Å². The number of hydrogen-bond donors (Lipinski definition) is 1. The van der Waals surface area contributed by atoms with Gasteiger partial charge in [0.1, 0.15) is 5.69 Å². The lowest BCUT2D eigenvalue weighted by atomic mass is 9.87. The molecule has 0 saturated heterocycles. The predicted molar refractivity (Wildman–Crippen MR) is 131 cm³/mol. The van der Waals surface area contributed by atoms with E-state index in [1.54, 1.807) is 18.3 Å². The van der Waals surface area contributed by atoms with E-state index >= 15 is 0 Å². The number of halogens is 2. The van der Waals surface area contributed by atoms with Crippen LogP contribution in [0.1, 0.15) is 53.6 Å². The summed E-state index contributed by atoms with van der Waals surface area (Å²) in [5, 5.41) is 0.664. The van der Waals surface area contributed by atoms with Gasteiger partial charge in [-0.1, -0.05) is 56.1 Å². The Labute approximate surface area is 202 Å². The van der Waals surface area contributed by atoms with E-state index in [9.17, 15) is 13.2 Å². The quantitative estimate of drug-likeness (QED) is 0.454. The fourth-order valence-electron chi connectivity index (χ4n) is 3.63. The van der Waals surface area contributed by atoms with Crippen LogP contribution in [0.4, 0.5) is 5.69 Å². The van der Waals surface area contributed by atoms with Crippen LogP contribution in [0.25, 0.3) is 6.08 Å². The van der Waals surface area contributed by atoms with Crippen LogP contribution in [0.5, 0.6) is 0 Å². The molecule has 1 aliphatic carbocycles. The number of aromatic nitrogens is 2. The van der Waals surface area contributed by atoms with Crippen molar-refractivity contribution in [1.29, 1.82) is 0 Å². The van der Waals surface area contributed by atoms with Crippen molar-refractivity contribution in [2.45, 2.75) is 37.5 Å². The van der Waals surface area contributed by atoms with Crippen molar-refractivity contribution < 1.29 is 13.2 Å². The van der Waals surface area contributed by atoms with E-state index < -0.39 is 15.8 Å². The molecule has 9 heteroatoms. The van der Waals surface area contributed by atoms with Gasteiger partial charge in [0, 0.05) is 35.0 Å². The van der Waals surface area contributed by atoms with Gasteiger partial charge >= 0.3 is 0 Å². The first-order valence-corrected chi connectivity index (χ1v) is 12.4. The second-order valence-corrected chi connectivity index (χ2v) is 11.2. The zero-order chi connectivity index (χ0) is 24.0. The molecule has 2 heterocycles. The molecule has 0 fully saturated rings. The molecular formula is C24H21Cl2N3O3S. The highest BCUT2D eigenvalue weighted by Crippen LogP contribution is 2.33. The molecule has 3 aromatic rings. The fourth-order valence-corrected chi connectivity index (χ4v) is 5.27. The number of carbonyl (C=O) groups excluding carboxylic acids is 1. The van der Waals surface area contributed by atoms with E-state index in [1.165, 1.54) is 24.4 Å². The van der Waals surface area contributed by atoms with Crippen LogP contribution in [-0.2, 0) is 21.9 Å². The van der Waals surface area contributed by atoms with E-state index in [0.29, 0.717) is 28.1 Å². The highest BCUT2D eigenvalue weighted by Gasteiger charge is 2.26. The number of pyridine rings is 2. The molecule has 1 aromatic carbocycles. The molecule has 0 spiro atoms. The molecule has 0 unspecified atom stereocenters. The molecular weight excluding hydrogens is 481 g/mol. The number of nitrogens with zero attached hydrogens (tertiary/aromatic N) is 2. The Bertz CT molecular complexity index is 1410. The molecule has 0 saturated carbocycles. The maximum Gasteiger partial charge on any atom is 0.261 e. The molecule has 4 rings (SSSR count). The number of ketones is 1. The Morgan fingerprint density at radius 3 is 2.58 bits per heavy atom. The number of sulfonamides is 1. The van der Waals surface area contributed by atoms with E-state index in [1.807, 2.05) is 32.9 Å². The van der Waals surface area contributed by atoms with Crippen molar-refractivity contribution in [3.63, 3.8) is 0 Å². The summed E-state index contributed by atoms with van der Waals surface area (Å²) in [6, 6.07) is 7.47. The highest BCUT2D eigenvalue weighted by atomic mass is 35.5. The second-order valence-electron chi connectivity index (χ2n) is 8.70. The van der Waals surface area contributed by atoms with Crippen molar-refractivity contribution >= 4 is 50.8 Å². The van der Waals surface area contributed by atoms with E-state index in [-0.39, 0.29) is 26.7 Å². The Hall–Kier alpha value is -2.74. The van der Waals surface area contributed by atoms with Gasteiger partial charge in [-0.25, -0.2) is 13.4 Å². The van der Waals surface area contributed by atoms with Crippen LogP contribution < -0.4 is 4.72 Å². The first kappa shape index (κ1) is 23.4. The lowest BCUT2D eigenvalue weighted by Gasteiger charge is -2.21. The van der Waals surface area contributed by atoms with Gasteiger partial charge in [-0.15, -0.1) is 0 Å². The highest BCUT2D eigenvalue weighted by molar-refractivity contribution is 7.92. The standard InChI is InChI=1S/C24H21Cl2N3O3S/c1-24(2,3)18-12-15(7-8-19(18)26)33(31,32)29-21-11-14(25)13-28-22(21)23(30)17-9-10-27-20-6-4-5-16(17)20/h4-5,7-13,29H,6H2,1-3H3. The molecule has 1 N–H and O–H groups in total. The van der Waals surface area contributed by atoms with Gasteiger partial charge in [0.2, 0.25) is 5.78 Å². The Balaban J connectivity index is 1.76. The van der Waals surface area contributed by atoms with Gasteiger partial charge in [-0.3, -0.25) is 14.5 Å². The fraction of sp³-hybridized carbons (Fsp3) is 0.208. The number of benzene rings is 1. The molecule has 0 amide bonds. The number of anilines is 1. The number of carbonyl (C=O) groups is 1. The predicted octanol–water partition coefficient (Wildman–Crippen LogP) is 5.68. The molecule has 33 heavy (non-hydrogen) atoms. The third kappa shape index (κ3) is 4.67. The van der Waals surface area contributed by atoms with Crippen molar-refractivity contribution in [3.8, 4) is 0 Å². The first-order chi connectivity index (χ1) is 15.5. The van der Waals surface area contributed by atoms with Crippen LogP contribution in [0, 0.1) is 0 Å². The smallest absolute Gasteiger partial charge is 0.261 e. The van der Waals surface area contributed by atoms with E-state index in [2.05, 4.69) is 14.7 Å². The lowest BCUT2D eigenvalue weighted by Crippen LogP contribution is -2.19. The van der Waals surface area contributed by atoms with Gasteiger partial charge in [-0.2, -0.15) is 0 Å². The average molecular weight is 502 g/mol. The molecule has 0 aliphatic heterocycles. The third-order valence-electron chi connectivity index (χ3n) is 5.28. The maximum atomic E-state index is 13.4. The van der Waals surface area contributed by atoms with Crippen molar-refractivity contribution in [2.75, 3.05) is 4.72 Å². The molecule has 6 nitrogen and oxygen atoms in total. The van der Waals surface area contributed by atoms with Gasteiger partial charge < -0.3 is 0 Å². The number of rotatable bonds is 5. The summed E-state index contributed by atoms with van der Waals surface area (Å²) >= 11 is 12.4. The Morgan fingerprint density at radius 2 is 1.85 bits per heavy atom. The van der Waals surface area contributed by atoms with E-state index in [4.69, 9.17) is 23.2 Å². The molecule has 0 atom stereocenters. The number of hydrogen-bond acceptors (Lipinski definition) is 5. The summed E-state index contributed by atoms with van der Waals surface area (Å²) < 4.78 is 29.0. The normalized spacial score (nSPS) is 13.1. The summed E-state index contributed by atoms with van der Waals surface area (Å²) in [6.07, 6.45) is 7.25. The average Bonchev–Trinajstić information content (AvgIpc) is 3.21. The number of allylic oxidation sites excluding steroid dienone is 1. The molecule has 0 radical (unpaired) electrons. The molecule has 2 aromatic heterocycles. The summed E-state index contributed by atoms with van der Waals surface area (Å²) in [6.45, 7) is 5.83. The van der Waals surface area contributed by atoms with Crippen molar-refractivity contribution in [1.82, 2.24) is 9.97 Å². The summed E-state index contributed by atoms with van der Waals surface area (Å²) in [7, 11) is -4.07. The zero-order valence-electron chi connectivity index (χ0n) is 18.2. The van der Waals surface area contributed by atoms with Crippen LogP contribution in [0.15, 0.2) is 53.7 Å². The summed E-state index contributed by atoms with van der Waals surface area (Å²) in [5.41, 5.74) is 2.15. The largest absolute Gasteiger partial charge is 0.287 e. The van der Waals surface area contributed by atoms with Crippen LogP contribution in [0.2, 0.25) is 10.0 Å². The lowest BCUT2D eigenvalue weighted by molar-refractivity contribution is 0.103. The summed E-state index contributed by atoms with van der Waals surface area (Å²) in [4.78, 5) is 21.8. The van der Waals surface area contributed by atoms with Crippen LogP contribution in [-0.4, -0.2) is 24.2 Å². The zero-order valence-corrected chi connectivity index (χ0v) is 20.5. The van der Waals surface area contributed by atoms with Crippen LogP contribution in [0.3, 0.4) is 0 Å². The third-order valence-corrected chi connectivity index (χ3v) is 7.18. The van der Waals surface area contributed by atoms with Crippen LogP contribution >= 0.6 is 23.2 Å². The second kappa shape index (κ2) is 8.56. The summed E-state index contributed by atoms with van der Waals surface area (Å²) in [5.74, 6) is -0.430. The maximum absolute atomic E-state index is 13.4. The van der Waals surface area contributed by atoms with E-state index in [0.717, 1.165) is 5.69 Å². The van der Waals surface area contributed by atoms with Gasteiger partial charge in [-0.05, 0) is 41.3 Å². The monoisotopic (exact) mass is 501 g/mol. The Kier molecular flexibility index (Phi) is 6.07. The van der Waals surface area contributed by atoms with Gasteiger partial charge in [0.15, 0.2) is 0 Å². The minimum Gasteiger partial charge on any atom is -0.287 e. The minimum atomic E-state index is -4.07. The number of fused-ring (bicyclic) bond motifs is 1. The molecule has 0 bridgehead atoms. The molecule has 1 aliphatic rings. The van der Waals surface area contributed by atoms with Gasteiger partial charge in [0.25, 0.3) is 10.0 Å². The van der Waals surface area contributed by atoms with Crippen molar-refractivity contribution in [3.05, 3.63) is 86.9 Å². The topological polar surface area (TPSA) is 89.0 Å². The Morgan fingerprint density at radius 1 is 1.09 bits per heavy atom. The first-order valence-electron chi connectivity index (χ1n) is 10.1. The number of nitrogens with one attached hydrogen (secondary N) is 1.